The summed E-state index contributed by atoms with van der Waals surface area (Å²) in [5, 5.41) is 2.86. The Morgan fingerprint density at radius 3 is 2.83 bits per heavy atom. The first kappa shape index (κ1) is 15.5. The van der Waals surface area contributed by atoms with Crippen LogP contribution in [0.1, 0.15) is 30.9 Å². The molecular weight excluding hydrogens is 294 g/mol. The molecule has 0 aliphatic carbocycles. The predicted octanol–water partition coefficient (Wildman–Crippen LogP) is 1.92. The molecule has 2 saturated heterocycles. The van der Waals surface area contributed by atoms with Gasteiger partial charge in [-0.05, 0) is 37.3 Å². The highest BCUT2D eigenvalue weighted by Crippen LogP contribution is 2.27. The van der Waals surface area contributed by atoms with Gasteiger partial charge < -0.3 is 10.2 Å². The van der Waals surface area contributed by atoms with Gasteiger partial charge in [0.1, 0.15) is 12.6 Å². The molecular formula is C17H21N3O3. The summed E-state index contributed by atoms with van der Waals surface area (Å²) in [5.41, 5.74) is 2.79. The molecule has 1 atom stereocenters. The van der Waals surface area contributed by atoms with Gasteiger partial charge in [-0.2, -0.15) is 0 Å². The molecule has 1 N–H and O–H groups in total. The fourth-order valence-corrected chi connectivity index (χ4v) is 3.35. The summed E-state index contributed by atoms with van der Waals surface area (Å²) >= 11 is 0. The van der Waals surface area contributed by atoms with Gasteiger partial charge in [0.05, 0.1) is 0 Å². The second-order valence-electron chi connectivity index (χ2n) is 6.07. The zero-order valence-corrected chi connectivity index (χ0v) is 13.5. The van der Waals surface area contributed by atoms with Crippen molar-refractivity contribution in [1.29, 1.82) is 0 Å². The van der Waals surface area contributed by atoms with Crippen LogP contribution in [0.25, 0.3) is 0 Å². The third-order valence-electron chi connectivity index (χ3n) is 4.59. The number of urea groups is 1. The zero-order valence-electron chi connectivity index (χ0n) is 13.5. The maximum absolute atomic E-state index is 12.3. The number of carbonyl (C=O) groups is 3. The number of anilines is 1. The number of hydrogen-bond donors (Lipinski definition) is 1. The molecule has 2 fully saturated rings. The number of imide groups is 1. The summed E-state index contributed by atoms with van der Waals surface area (Å²) in [6.45, 7) is 4.33. The molecule has 1 aromatic rings. The Kier molecular flexibility index (Phi) is 4.07. The molecule has 6 nitrogen and oxygen atoms in total. The van der Waals surface area contributed by atoms with Gasteiger partial charge in [0.2, 0.25) is 5.91 Å². The molecule has 122 valence electrons. The van der Waals surface area contributed by atoms with Gasteiger partial charge in [0.25, 0.3) is 5.91 Å². The van der Waals surface area contributed by atoms with E-state index >= 15 is 0 Å². The predicted molar refractivity (Wildman–Crippen MR) is 86.0 cm³/mol. The Hall–Kier alpha value is -2.37. The number of fused-ring (bicyclic) bond motifs is 1. The van der Waals surface area contributed by atoms with Crippen molar-refractivity contribution < 1.29 is 14.4 Å². The molecule has 0 saturated carbocycles. The lowest BCUT2D eigenvalue weighted by molar-refractivity contribution is -0.131. The van der Waals surface area contributed by atoms with E-state index in [1.165, 1.54) is 0 Å². The van der Waals surface area contributed by atoms with Crippen LogP contribution in [-0.2, 0) is 16.0 Å². The largest absolute Gasteiger partial charge is 0.327 e. The van der Waals surface area contributed by atoms with Crippen LogP contribution < -0.4 is 5.32 Å². The lowest BCUT2D eigenvalue weighted by Gasteiger charge is -2.17. The van der Waals surface area contributed by atoms with Crippen molar-refractivity contribution in [2.75, 3.05) is 18.4 Å². The molecule has 0 spiro atoms. The van der Waals surface area contributed by atoms with Crippen LogP contribution in [-0.4, -0.2) is 46.8 Å². The summed E-state index contributed by atoms with van der Waals surface area (Å²) in [7, 11) is 0. The number of amides is 4. The topological polar surface area (TPSA) is 69.7 Å². The second-order valence-corrected chi connectivity index (χ2v) is 6.07. The highest BCUT2D eigenvalue weighted by atomic mass is 16.2. The molecule has 2 aliphatic rings. The normalized spacial score (nSPS) is 20.2. The smallest absolute Gasteiger partial charge is 0.324 e. The van der Waals surface area contributed by atoms with E-state index in [4.69, 9.17) is 0 Å². The van der Waals surface area contributed by atoms with Crippen molar-refractivity contribution in [3.8, 4) is 0 Å². The molecule has 0 radical (unpaired) electrons. The third-order valence-corrected chi connectivity index (χ3v) is 4.59. The van der Waals surface area contributed by atoms with Gasteiger partial charge in [-0.15, -0.1) is 0 Å². The van der Waals surface area contributed by atoms with Crippen LogP contribution in [0.4, 0.5) is 10.5 Å². The molecule has 3 rings (SSSR count). The van der Waals surface area contributed by atoms with Crippen molar-refractivity contribution in [3.63, 3.8) is 0 Å². The average Bonchev–Trinajstić information content (AvgIpc) is 3.09. The lowest BCUT2D eigenvalue weighted by Crippen LogP contribution is -2.39. The number of nitrogens with one attached hydrogen (secondary N) is 1. The molecule has 0 aromatic heterocycles. The number of rotatable bonds is 4. The van der Waals surface area contributed by atoms with Gasteiger partial charge in [-0.1, -0.05) is 25.1 Å². The fraction of sp³-hybridized carbons (Fsp3) is 0.471. The van der Waals surface area contributed by atoms with E-state index < -0.39 is 0 Å². The van der Waals surface area contributed by atoms with Crippen molar-refractivity contribution in [3.05, 3.63) is 29.3 Å². The highest BCUT2D eigenvalue weighted by molar-refractivity contribution is 6.08. The first-order chi connectivity index (χ1) is 11.0. The summed E-state index contributed by atoms with van der Waals surface area (Å²) in [6, 6.07) is 5.14. The maximum atomic E-state index is 12.3. The van der Waals surface area contributed by atoms with Crippen molar-refractivity contribution in [1.82, 2.24) is 9.80 Å². The van der Waals surface area contributed by atoms with Gasteiger partial charge in [-0.25, -0.2) is 4.79 Å². The van der Waals surface area contributed by atoms with E-state index in [0.717, 1.165) is 34.6 Å². The van der Waals surface area contributed by atoms with Crippen molar-refractivity contribution in [2.45, 2.75) is 39.2 Å². The average molecular weight is 315 g/mol. The first-order valence-corrected chi connectivity index (χ1v) is 8.03. The molecule has 6 heteroatoms. The van der Waals surface area contributed by atoms with Crippen molar-refractivity contribution >= 4 is 23.5 Å². The third kappa shape index (κ3) is 2.69. The van der Waals surface area contributed by atoms with Gasteiger partial charge in [0.15, 0.2) is 0 Å². The van der Waals surface area contributed by atoms with E-state index in [-0.39, 0.29) is 30.4 Å². The molecule has 0 bridgehead atoms. The number of carbonyl (C=O) groups excluding carboxylic acids is 3. The quantitative estimate of drug-likeness (QED) is 0.863. The number of aryl methyl sites for hydroxylation is 2. The zero-order chi connectivity index (χ0) is 16.6. The van der Waals surface area contributed by atoms with Crippen LogP contribution in [0, 0.1) is 6.92 Å². The van der Waals surface area contributed by atoms with Crippen LogP contribution in [0.3, 0.4) is 0 Å². The molecule has 2 aliphatic heterocycles. The van der Waals surface area contributed by atoms with E-state index in [1.54, 1.807) is 4.90 Å². The minimum Gasteiger partial charge on any atom is -0.324 e. The SMILES string of the molecule is CCc1cccc(C)c1NC(=O)CN1C(=O)C2CCCN2C1=O. The Morgan fingerprint density at radius 1 is 1.35 bits per heavy atom. The van der Waals surface area contributed by atoms with Crippen LogP contribution in [0.15, 0.2) is 18.2 Å². The molecule has 1 unspecified atom stereocenters. The number of hydrogen-bond acceptors (Lipinski definition) is 3. The summed E-state index contributed by atoms with van der Waals surface area (Å²) in [6.07, 6.45) is 2.35. The monoisotopic (exact) mass is 315 g/mol. The summed E-state index contributed by atoms with van der Waals surface area (Å²) in [5.74, 6) is -0.583. The number of para-hydroxylation sites is 1. The Morgan fingerprint density at radius 2 is 2.13 bits per heavy atom. The minimum atomic E-state index is -0.361. The van der Waals surface area contributed by atoms with Crippen molar-refractivity contribution in [2.24, 2.45) is 0 Å². The van der Waals surface area contributed by atoms with Gasteiger partial charge in [0, 0.05) is 12.2 Å². The van der Waals surface area contributed by atoms with Gasteiger partial charge >= 0.3 is 6.03 Å². The van der Waals surface area contributed by atoms with Gasteiger partial charge in [-0.3, -0.25) is 14.5 Å². The number of nitrogens with zero attached hydrogens (tertiary/aromatic N) is 2. The first-order valence-electron chi connectivity index (χ1n) is 8.03. The minimum absolute atomic E-state index is 0.220. The Balaban J connectivity index is 1.71. The van der Waals surface area contributed by atoms with Crippen LogP contribution >= 0.6 is 0 Å². The summed E-state index contributed by atoms with van der Waals surface area (Å²) in [4.78, 5) is 39.5. The highest BCUT2D eigenvalue weighted by Gasteiger charge is 2.47. The lowest BCUT2D eigenvalue weighted by atomic mass is 10.1. The van der Waals surface area contributed by atoms with E-state index in [0.29, 0.717) is 13.0 Å². The molecule has 4 amide bonds. The fourth-order valence-electron chi connectivity index (χ4n) is 3.35. The summed E-state index contributed by atoms with van der Waals surface area (Å²) < 4.78 is 0. The standard InChI is InChI=1S/C17H21N3O3/c1-3-12-7-4-6-11(2)15(12)18-14(21)10-20-16(22)13-8-5-9-19(13)17(20)23/h4,6-7,13H,3,5,8-10H2,1-2H3,(H,18,21). The van der Waals surface area contributed by atoms with Crippen LogP contribution in [0.5, 0.6) is 0 Å². The Bertz CT molecular complexity index is 649. The molecule has 23 heavy (non-hydrogen) atoms. The molecule has 1 aromatic carbocycles. The second kappa shape index (κ2) is 6.02. The number of benzene rings is 1. The molecule has 2 heterocycles. The van der Waals surface area contributed by atoms with Crippen LogP contribution in [0.2, 0.25) is 0 Å². The van der Waals surface area contributed by atoms with E-state index in [2.05, 4.69) is 5.32 Å². The van der Waals surface area contributed by atoms with E-state index in [1.807, 2.05) is 32.0 Å². The maximum Gasteiger partial charge on any atom is 0.327 e. The Labute approximate surface area is 135 Å². The van der Waals surface area contributed by atoms with E-state index in [9.17, 15) is 14.4 Å².